The molecule has 0 fully saturated rings. The van der Waals surface area contributed by atoms with Gasteiger partial charge in [-0.3, -0.25) is 4.21 Å². The van der Waals surface area contributed by atoms with E-state index in [4.69, 9.17) is 0 Å². The fourth-order valence-electron chi connectivity index (χ4n) is 2.31. The molecule has 1 aromatic carbocycles. The van der Waals surface area contributed by atoms with Crippen LogP contribution in [0.3, 0.4) is 0 Å². The summed E-state index contributed by atoms with van der Waals surface area (Å²) in [6.07, 6.45) is 4.00. The number of nitrogens with zero attached hydrogens (tertiary/aromatic N) is 2. The normalized spacial score (nSPS) is 14.1. The average molecular weight is 312 g/mol. The fourth-order valence-corrected chi connectivity index (χ4v) is 3.85. The maximum Gasteiger partial charge on any atom is 0.130 e. The van der Waals surface area contributed by atoms with Crippen LogP contribution in [-0.4, -0.2) is 13.8 Å². The lowest BCUT2D eigenvalue weighted by Gasteiger charge is -2.16. The fraction of sp³-hybridized carbons (Fsp3) is 0.400. The van der Waals surface area contributed by atoms with Crippen molar-refractivity contribution in [3.63, 3.8) is 0 Å². The molecule has 2 aromatic rings. The molecule has 3 nitrogen and oxygen atoms in total. The van der Waals surface area contributed by atoms with Crippen molar-refractivity contribution < 1.29 is 13.0 Å². The van der Waals surface area contributed by atoms with Gasteiger partial charge in [0.25, 0.3) is 0 Å². The topological polar surface area (TPSA) is 34.9 Å². The molecule has 21 heavy (non-hydrogen) atoms. The summed E-state index contributed by atoms with van der Waals surface area (Å²) in [5.41, 5.74) is 0.298. The van der Waals surface area contributed by atoms with Crippen molar-refractivity contribution >= 4 is 10.8 Å². The Hall–Kier alpha value is -1.56. The van der Waals surface area contributed by atoms with Crippen LogP contribution in [0.1, 0.15) is 36.9 Å². The first-order valence-electron chi connectivity index (χ1n) is 6.88. The van der Waals surface area contributed by atoms with Crippen LogP contribution in [-0.2, 0) is 23.1 Å². The summed E-state index contributed by atoms with van der Waals surface area (Å²) >= 11 is 0. The van der Waals surface area contributed by atoms with Crippen molar-refractivity contribution in [3.8, 4) is 0 Å². The van der Waals surface area contributed by atoms with Crippen molar-refractivity contribution in [2.75, 3.05) is 0 Å². The predicted molar refractivity (Wildman–Crippen MR) is 79.1 cm³/mol. The molecule has 0 N–H and O–H groups in total. The minimum Gasteiger partial charge on any atom is -0.334 e. The van der Waals surface area contributed by atoms with E-state index in [-0.39, 0.29) is 5.75 Å². The molecular weight excluding hydrogens is 294 g/mol. The van der Waals surface area contributed by atoms with Crippen molar-refractivity contribution in [3.05, 3.63) is 53.6 Å². The first-order valence-corrected chi connectivity index (χ1v) is 8.27. The highest BCUT2D eigenvalue weighted by Gasteiger charge is 2.22. The maximum atomic E-state index is 13.9. The molecular formula is C15H18F2N2OS. The van der Waals surface area contributed by atoms with Gasteiger partial charge in [-0.25, -0.2) is 13.8 Å². The number of halogens is 2. The number of hydrogen-bond acceptors (Lipinski definition) is 2. The monoisotopic (exact) mass is 312 g/mol. The zero-order chi connectivity index (χ0) is 15.4. The summed E-state index contributed by atoms with van der Waals surface area (Å²) in [6, 6.07) is 3.41. The number of imidazole rings is 1. The van der Waals surface area contributed by atoms with Gasteiger partial charge in [0.15, 0.2) is 0 Å². The molecule has 2 atom stereocenters. The third-order valence-corrected chi connectivity index (χ3v) is 5.18. The summed E-state index contributed by atoms with van der Waals surface area (Å²) in [7, 11) is -1.31. The predicted octanol–water partition coefficient (Wildman–Crippen LogP) is 3.58. The largest absolute Gasteiger partial charge is 0.334 e. The van der Waals surface area contributed by atoms with Gasteiger partial charge in [-0.2, -0.15) is 0 Å². The van der Waals surface area contributed by atoms with E-state index in [0.29, 0.717) is 12.0 Å². The van der Waals surface area contributed by atoms with Gasteiger partial charge in [-0.1, -0.05) is 13.0 Å². The first-order chi connectivity index (χ1) is 10.1. The number of aromatic nitrogens is 2. The molecule has 2 rings (SSSR count). The Morgan fingerprint density at radius 1 is 1.33 bits per heavy atom. The van der Waals surface area contributed by atoms with Crippen LogP contribution < -0.4 is 0 Å². The summed E-state index contributed by atoms with van der Waals surface area (Å²) in [4.78, 5) is 4.19. The molecule has 0 saturated heterocycles. The molecule has 0 saturated carbocycles. The van der Waals surface area contributed by atoms with Crippen molar-refractivity contribution in [2.45, 2.75) is 37.8 Å². The first kappa shape index (κ1) is 15.8. The van der Waals surface area contributed by atoms with Crippen LogP contribution in [0.4, 0.5) is 8.78 Å². The zero-order valence-corrected chi connectivity index (χ0v) is 12.9. The Bertz CT molecular complexity index is 642. The van der Waals surface area contributed by atoms with Crippen molar-refractivity contribution in [1.82, 2.24) is 9.55 Å². The summed E-state index contributed by atoms with van der Waals surface area (Å²) in [5.74, 6) is -0.292. The second-order valence-corrected chi connectivity index (χ2v) is 6.34. The van der Waals surface area contributed by atoms with Crippen molar-refractivity contribution in [1.29, 1.82) is 0 Å². The van der Waals surface area contributed by atoms with Crippen LogP contribution in [0.5, 0.6) is 0 Å². The lowest BCUT2D eigenvalue weighted by atomic mass is 10.1. The van der Waals surface area contributed by atoms with E-state index in [1.54, 1.807) is 6.20 Å². The molecule has 0 radical (unpaired) electrons. The van der Waals surface area contributed by atoms with E-state index in [0.717, 1.165) is 18.4 Å². The van der Waals surface area contributed by atoms with E-state index in [1.807, 2.05) is 24.6 Å². The average Bonchev–Trinajstić information content (AvgIpc) is 2.89. The van der Waals surface area contributed by atoms with E-state index >= 15 is 0 Å². The Labute approximate surface area is 125 Å². The van der Waals surface area contributed by atoms with Crippen LogP contribution >= 0.6 is 0 Å². The molecule has 0 aliphatic rings. The highest BCUT2D eigenvalue weighted by molar-refractivity contribution is 7.84. The highest BCUT2D eigenvalue weighted by Crippen LogP contribution is 2.28. The molecule has 0 amide bonds. The lowest BCUT2D eigenvalue weighted by Crippen LogP contribution is -2.13. The number of aryl methyl sites for hydroxylation is 1. The van der Waals surface area contributed by atoms with Gasteiger partial charge in [0.1, 0.15) is 17.5 Å². The zero-order valence-electron chi connectivity index (χ0n) is 12.1. The minimum atomic E-state index is -1.31. The van der Waals surface area contributed by atoms with Crippen LogP contribution in [0, 0.1) is 11.6 Å². The highest BCUT2D eigenvalue weighted by atomic mass is 32.2. The molecule has 114 valence electrons. The molecule has 1 aromatic heterocycles. The molecule has 0 spiro atoms. The van der Waals surface area contributed by atoms with Gasteiger partial charge in [0, 0.05) is 41.4 Å². The van der Waals surface area contributed by atoms with Crippen LogP contribution in [0.15, 0.2) is 30.6 Å². The standard InChI is InChI=1S/C15H18F2N2OS/c1-3-14(12-6-5-11(16)9-13(12)17)21(20)10-15-18-7-8-19(15)4-2/h5-9,14H,3-4,10H2,1-2H3/t14-,21+/m1/s1. The summed E-state index contributed by atoms with van der Waals surface area (Å²) in [5, 5.41) is -0.465. The molecule has 0 unspecified atom stereocenters. The van der Waals surface area contributed by atoms with Gasteiger partial charge >= 0.3 is 0 Å². The quantitative estimate of drug-likeness (QED) is 0.817. The van der Waals surface area contributed by atoms with E-state index in [9.17, 15) is 13.0 Å². The van der Waals surface area contributed by atoms with Gasteiger partial charge in [-0.15, -0.1) is 0 Å². The van der Waals surface area contributed by atoms with Crippen LogP contribution in [0.2, 0.25) is 0 Å². The van der Waals surface area contributed by atoms with Gasteiger partial charge in [0.05, 0.1) is 11.0 Å². The maximum absolute atomic E-state index is 13.9. The summed E-state index contributed by atoms with van der Waals surface area (Å²) in [6.45, 7) is 4.57. The van der Waals surface area contributed by atoms with Crippen molar-refractivity contribution in [2.24, 2.45) is 0 Å². The van der Waals surface area contributed by atoms with Gasteiger partial charge in [-0.05, 0) is 19.4 Å². The van der Waals surface area contributed by atoms with E-state index in [1.165, 1.54) is 12.1 Å². The Kier molecular flexibility index (Phi) is 5.22. The number of hydrogen-bond donors (Lipinski definition) is 0. The molecule has 0 aliphatic heterocycles. The molecule has 6 heteroatoms. The third kappa shape index (κ3) is 3.56. The van der Waals surface area contributed by atoms with Gasteiger partial charge < -0.3 is 4.57 Å². The number of rotatable bonds is 6. The number of benzene rings is 1. The molecule has 0 aliphatic carbocycles. The third-order valence-electron chi connectivity index (χ3n) is 3.41. The SMILES string of the molecule is CC[C@H](c1ccc(F)cc1F)[S@@](=O)Cc1nccn1CC. The van der Waals surface area contributed by atoms with Crippen LogP contribution in [0.25, 0.3) is 0 Å². The second kappa shape index (κ2) is 6.93. The molecule has 0 bridgehead atoms. The Morgan fingerprint density at radius 2 is 2.10 bits per heavy atom. The lowest BCUT2D eigenvalue weighted by molar-refractivity contribution is 0.566. The van der Waals surface area contributed by atoms with E-state index in [2.05, 4.69) is 4.98 Å². The Balaban J connectivity index is 2.22. The molecule has 1 heterocycles. The smallest absolute Gasteiger partial charge is 0.130 e. The van der Waals surface area contributed by atoms with Gasteiger partial charge in [0.2, 0.25) is 0 Å². The van der Waals surface area contributed by atoms with E-state index < -0.39 is 27.7 Å². The second-order valence-electron chi connectivity index (χ2n) is 4.72. The minimum absolute atomic E-state index is 0.260. The Morgan fingerprint density at radius 3 is 2.71 bits per heavy atom. The summed E-state index contributed by atoms with van der Waals surface area (Å²) < 4.78 is 41.3.